The van der Waals surface area contributed by atoms with Crippen LogP contribution >= 0.6 is 11.6 Å². The topological polar surface area (TPSA) is 44.7 Å². The van der Waals surface area contributed by atoms with Crippen LogP contribution in [0.1, 0.15) is 5.56 Å². The van der Waals surface area contributed by atoms with Gasteiger partial charge >= 0.3 is 0 Å². The molecule has 0 spiro atoms. The fourth-order valence-corrected chi connectivity index (χ4v) is 2.44. The standard InChI is InChI=1S/C13H19ClN2O2/c1-18-12-3-2-11(14)10(13(12)17)4-7-16-8-5-15-6-9-16/h2-3,15,17H,4-9H2,1H3. The van der Waals surface area contributed by atoms with E-state index in [2.05, 4.69) is 10.2 Å². The fourth-order valence-electron chi connectivity index (χ4n) is 2.20. The second-order valence-electron chi connectivity index (χ2n) is 4.42. The van der Waals surface area contributed by atoms with Gasteiger partial charge in [-0.05, 0) is 18.6 Å². The van der Waals surface area contributed by atoms with Gasteiger partial charge in [-0.15, -0.1) is 0 Å². The van der Waals surface area contributed by atoms with Gasteiger partial charge in [-0.2, -0.15) is 0 Å². The lowest BCUT2D eigenvalue weighted by Crippen LogP contribution is -2.44. The number of methoxy groups -OCH3 is 1. The van der Waals surface area contributed by atoms with Crippen LogP contribution in [0.5, 0.6) is 11.5 Å². The number of hydrogen-bond donors (Lipinski definition) is 2. The number of halogens is 1. The molecule has 1 heterocycles. The van der Waals surface area contributed by atoms with E-state index in [-0.39, 0.29) is 5.75 Å². The summed E-state index contributed by atoms with van der Waals surface area (Å²) in [5, 5.41) is 14.0. The molecule has 1 fully saturated rings. The first-order chi connectivity index (χ1) is 8.72. The van der Waals surface area contributed by atoms with Crippen molar-refractivity contribution in [1.29, 1.82) is 0 Å². The van der Waals surface area contributed by atoms with E-state index in [1.807, 2.05) is 0 Å². The Hall–Kier alpha value is -0.970. The number of phenols is 1. The van der Waals surface area contributed by atoms with Gasteiger partial charge in [-0.3, -0.25) is 0 Å². The summed E-state index contributed by atoms with van der Waals surface area (Å²) >= 11 is 6.13. The predicted octanol–water partition coefficient (Wildman–Crippen LogP) is 1.50. The molecule has 0 atom stereocenters. The minimum Gasteiger partial charge on any atom is -0.504 e. The van der Waals surface area contributed by atoms with E-state index in [0.29, 0.717) is 10.8 Å². The van der Waals surface area contributed by atoms with Crippen molar-refractivity contribution in [3.05, 3.63) is 22.7 Å². The Morgan fingerprint density at radius 3 is 2.78 bits per heavy atom. The molecule has 18 heavy (non-hydrogen) atoms. The zero-order valence-corrected chi connectivity index (χ0v) is 11.3. The van der Waals surface area contributed by atoms with Crippen molar-refractivity contribution >= 4 is 11.6 Å². The molecule has 0 saturated carbocycles. The molecule has 1 aromatic rings. The largest absolute Gasteiger partial charge is 0.504 e. The Kier molecular flexibility index (Phi) is 4.69. The van der Waals surface area contributed by atoms with Crippen molar-refractivity contribution in [3.63, 3.8) is 0 Å². The summed E-state index contributed by atoms with van der Waals surface area (Å²) in [6.45, 7) is 5.04. The molecular formula is C13H19ClN2O2. The summed E-state index contributed by atoms with van der Waals surface area (Å²) in [4.78, 5) is 2.37. The van der Waals surface area contributed by atoms with Crippen LogP contribution in [-0.2, 0) is 6.42 Å². The van der Waals surface area contributed by atoms with Crippen LogP contribution in [0.3, 0.4) is 0 Å². The minimum absolute atomic E-state index is 0.167. The number of hydrogen-bond acceptors (Lipinski definition) is 4. The molecule has 100 valence electrons. The lowest BCUT2D eigenvalue weighted by Gasteiger charge is -2.27. The Morgan fingerprint density at radius 2 is 2.11 bits per heavy atom. The lowest BCUT2D eigenvalue weighted by atomic mass is 10.1. The molecule has 0 aliphatic carbocycles. The van der Waals surface area contributed by atoms with Gasteiger partial charge in [0.15, 0.2) is 11.5 Å². The molecular weight excluding hydrogens is 252 g/mol. The summed E-state index contributed by atoms with van der Waals surface area (Å²) < 4.78 is 5.10. The first kappa shape index (κ1) is 13.5. The predicted molar refractivity (Wildman–Crippen MR) is 72.7 cm³/mol. The molecule has 5 heteroatoms. The van der Waals surface area contributed by atoms with Gasteiger partial charge in [0.05, 0.1) is 7.11 Å². The summed E-state index contributed by atoms with van der Waals surface area (Å²) in [6.07, 6.45) is 0.738. The highest BCUT2D eigenvalue weighted by molar-refractivity contribution is 6.31. The van der Waals surface area contributed by atoms with Crippen molar-refractivity contribution < 1.29 is 9.84 Å². The molecule has 0 radical (unpaired) electrons. The quantitative estimate of drug-likeness (QED) is 0.870. The van der Waals surface area contributed by atoms with Crippen LogP contribution in [0, 0.1) is 0 Å². The molecule has 1 aromatic carbocycles. The number of ether oxygens (including phenoxy) is 1. The minimum atomic E-state index is 0.167. The van der Waals surface area contributed by atoms with Gasteiger partial charge in [0, 0.05) is 43.3 Å². The van der Waals surface area contributed by atoms with Gasteiger partial charge in [0.25, 0.3) is 0 Å². The molecule has 4 nitrogen and oxygen atoms in total. The van der Waals surface area contributed by atoms with Crippen molar-refractivity contribution in [3.8, 4) is 11.5 Å². The van der Waals surface area contributed by atoms with Crippen molar-refractivity contribution in [1.82, 2.24) is 10.2 Å². The number of nitrogens with one attached hydrogen (secondary N) is 1. The zero-order valence-electron chi connectivity index (χ0n) is 10.6. The fraction of sp³-hybridized carbons (Fsp3) is 0.538. The molecule has 1 saturated heterocycles. The highest BCUT2D eigenvalue weighted by Gasteiger charge is 2.15. The Balaban J connectivity index is 2.03. The van der Waals surface area contributed by atoms with Crippen LogP contribution in [0.4, 0.5) is 0 Å². The number of piperazine rings is 1. The molecule has 2 N–H and O–H groups in total. The molecule has 2 rings (SSSR count). The third kappa shape index (κ3) is 3.07. The van der Waals surface area contributed by atoms with Crippen LogP contribution in [0.15, 0.2) is 12.1 Å². The Labute approximate surface area is 113 Å². The molecule has 0 amide bonds. The second kappa shape index (κ2) is 6.27. The summed E-state index contributed by atoms with van der Waals surface area (Å²) in [7, 11) is 1.54. The van der Waals surface area contributed by atoms with E-state index in [4.69, 9.17) is 16.3 Å². The summed E-state index contributed by atoms with van der Waals surface area (Å²) in [5.41, 5.74) is 0.773. The zero-order chi connectivity index (χ0) is 13.0. The normalized spacial score (nSPS) is 16.8. The Morgan fingerprint density at radius 1 is 1.39 bits per heavy atom. The smallest absolute Gasteiger partial charge is 0.162 e. The second-order valence-corrected chi connectivity index (χ2v) is 4.83. The van der Waals surface area contributed by atoms with E-state index in [0.717, 1.165) is 44.7 Å². The summed E-state index contributed by atoms with van der Waals surface area (Å²) in [6, 6.07) is 3.46. The van der Waals surface area contributed by atoms with E-state index < -0.39 is 0 Å². The van der Waals surface area contributed by atoms with E-state index in [1.165, 1.54) is 0 Å². The SMILES string of the molecule is COc1ccc(Cl)c(CCN2CCNCC2)c1O. The third-order valence-corrected chi connectivity index (χ3v) is 3.65. The van der Waals surface area contributed by atoms with Crippen molar-refractivity contribution in [2.75, 3.05) is 39.8 Å². The Bertz CT molecular complexity index is 406. The van der Waals surface area contributed by atoms with E-state index in [1.54, 1.807) is 19.2 Å². The number of phenolic OH excluding ortho intramolecular Hbond substituents is 1. The van der Waals surface area contributed by atoms with Crippen molar-refractivity contribution in [2.45, 2.75) is 6.42 Å². The van der Waals surface area contributed by atoms with Crippen molar-refractivity contribution in [2.24, 2.45) is 0 Å². The van der Waals surface area contributed by atoms with Gasteiger partial charge in [0.1, 0.15) is 0 Å². The van der Waals surface area contributed by atoms with Crippen LogP contribution in [-0.4, -0.2) is 49.8 Å². The molecule has 1 aliphatic rings. The maximum atomic E-state index is 10.1. The van der Waals surface area contributed by atoms with Crippen LogP contribution in [0.2, 0.25) is 5.02 Å². The van der Waals surface area contributed by atoms with Gasteiger partial charge in [-0.1, -0.05) is 11.6 Å². The van der Waals surface area contributed by atoms with Gasteiger partial charge in [-0.25, -0.2) is 0 Å². The lowest BCUT2D eigenvalue weighted by molar-refractivity contribution is 0.243. The summed E-state index contributed by atoms with van der Waals surface area (Å²) in [5.74, 6) is 0.648. The van der Waals surface area contributed by atoms with Gasteiger partial charge < -0.3 is 20.1 Å². The van der Waals surface area contributed by atoms with E-state index >= 15 is 0 Å². The molecule has 0 aromatic heterocycles. The van der Waals surface area contributed by atoms with Gasteiger partial charge in [0.2, 0.25) is 0 Å². The van der Waals surface area contributed by atoms with E-state index in [9.17, 15) is 5.11 Å². The highest BCUT2D eigenvalue weighted by Crippen LogP contribution is 2.35. The maximum absolute atomic E-state index is 10.1. The first-order valence-electron chi connectivity index (χ1n) is 6.19. The van der Waals surface area contributed by atoms with Crippen LogP contribution in [0.25, 0.3) is 0 Å². The van der Waals surface area contributed by atoms with Crippen LogP contribution < -0.4 is 10.1 Å². The number of nitrogens with zero attached hydrogens (tertiary/aromatic N) is 1. The third-order valence-electron chi connectivity index (χ3n) is 3.30. The number of aromatic hydroxyl groups is 1. The molecule has 1 aliphatic heterocycles. The molecule has 0 unspecified atom stereocenters. The monoisotopic (exact) mass is 270 g/mol. The first-order valence-corrected chi connectivity index (χ1v) is 6.57. The average molecular weight is 271 g/mol. The highest BCUT2D eigenvalue weighted by atomic mass is 35.5. The maximum Gasteiger partial charge on any atom is 0.162 e. The number of benzene rings is 1. The average Bonchev–Trinajstić information content (AvgIpc) is 2.40. The number of rotatable bonds is 4. The molecule has 0 bridgehead atoms.